The highest BCUT2D eigenvalue weighted by atomic mass is 16.5. The van der Waals surface area contributed by atoms with Gasteiger partial charge in [-0.15, -0.1) is 0 Å². The van der Waals surface area contributed by atoms with Crippen LogP contribution in [0.25, 0.3) is 0 Å². The van der Waals surface area contributed by atoms with Crippen LogP contribution in [0.2, 0.25) is 0 Å². The van der Waals surface area contributed by atoms with Crippen molar-refractivity contribution in [3.8, 4) is 0 Å². The average Bonchev–Trinajstić information content (AvgIpc) is 2.40. The molecule has 2 unspecified atom stereocenters. The minimum atomic E-state index is 0.0117. The number of benzene rings is 1. The van der Waals surface area contributed by atoms with Crippen molar-refractivity contribution in [2.24, 2.45) is 0 Å². The normalized spacial score (nSPS) is 23.4. The maximum absolute atomic E-state index is 12.1. The monoisotopic (exact) mass is 261 g/mol. The highest BCUT2D eigenvalue weighted by Crippen LogP contribution is 2.25. The molecule has 1 aliphatic rings. The number of rotatable bonds is 3. The van der Waals surface area contributed by atoms with Gasteiger partial charge in [-0.05, 0) is 25.8 Å². The summed E-state index contributed by atoms with van der Waals surface area (Å²) < 4.78 is 5.88. The first-order valence-electron chi connectivity index (χ1n) is 7.09. The van der Waals surface area contributed by atoms with Crippen molar-refractivity contribution in [2.75, 3.05) is 13.2 Å². The number of carbonyl (C=O) groups excluding carboxylic acids is 1. The molecule has 2 rings (SSSR count). The number of hydrogen-bond donors (Lipinski definition) is 0. The Morgan fingerprint density at radius 3 is 2.68 bits per heavy atom. The van der Waals surface area contributed by atoms with Crippen LogP contribution >= 0.6 is 0 Å². The van der Waals surface area contributed by atoms with E-state index in [0.717, 1.165) is 12.0 Å². The number of hydrogen-bond acceptors (Lipinski definition) is 2. The summed E-state index contributed by atoms with van der Waals surface area (Å²) in [6.07, 6.45) is 1.54. The molecule has 0 bridgehead atoms. The van der Waals surface area contributed by atoms with Gasteiger partial charge in [-0.25, -0.2) is 0 Å². The zero-order valence-electron chi connectivity index (χ0n) is 12.1. The van der Waals surface area contributed by atoms with Crippen molar-refractivity contribution in [2.45, 2.75) is 45.8 Å². The van der Waals surface area contributed by atoms with Gasteiger partial charge >= 0.3 is 0 Å². The topological polar surface area (TPSA) is 29.5 Å². The fraction of sp³-hybridized carbons (Fsp3) is 0.562. The van der Waals surface area contributed by atoms with Gasteiger partial charge in [-0.1, -0.05) is 36.8 Å². The molecule has 1 amide bonds. The van der Waals surface area contributed by atoms with E-state index in [0.29, 0.717) is 19.6 Å². The molecule has 104 valence electrons. The Labute approximate surface area is 115 Å². The van der Waals surface area contributed by atoms with Crippen LogP contribution in [0.1, 0.15) is 43.9 Å². The van der Waals surface area contributed by atoms with Gasteiger partial charge < -0.3 is 9.64 Å². The van der Waals surface area contributed by atoms with Gasteiger partial charge in [-0.3, -0.25) is 4.79 Å². The first-order valence-corrected chi connectivity index (χ1v) is 7.09. The SMILES string of the molecule is CCCC(=O)N1CC(c2ccc(C)cc2)OCC1C. The van der Waals surface area contributed by atoms with E-state index >= 15 is 0 Å². The summed E-state index contributed by atoms with van der Waals surface area (Å²) in [5.74, 6) is 0.246. The molecule has 19 heavy (non-hydrogen) atoms. The standard InChI is InChI=1S/C16H23NO2/c1-4-5-16(18)17-10-15(19-11-13(17)3)14-8-6-12(2)7-9-14/h6-9,13,15H,4-5,10-11H2,1-3H3. The lowest BCUT2D eigenvalue weighted by Crippen LogP contribution is -2.48. The van der Waals surface area contributed by atoms with Gasteiger partial charge in [0.15, 0.2) is 0 Å². The first kappa shape index (κ1) is 14.1. The quantitative estimate of drug-likeness (QED) is 0.837. The van der Waals surface area contributed by atoms with Crippen molar-refractivity contribution in [1.29, 1.82) is 0 Å². The third-order valence-corrected chi connectivity index (χ3v) is 3.67. The molecule has 3 heteroatoms. The second kappa shape index (κ2) is 6.20. The molecular weight excluding hydrogens is 238 g/mol. The van der Waals surface area contributed by atoms with Crippen LogP contribution in [0.15, 0.2) is 24.3 Å². The molecule has 0 aromatic heterocycles. The Morgan fingerprint density at radius 1 is 1.37 bits per heavy atom. The molecule has 3 nitrogen and oxygen atoms in total. The second-order valence-electron chi connectivity index (χ2n) is 5.38. The Hall–Kier alpha value is -1.35. The van der Waals surface area contributed by atoms with Crippen LogP contribution in [0.4, 0.5) is 0 Å². The molecule has 0 N–H and O–H groups in total. The predicted molar refractivity (Wildman–Crippen MR) is 76.0 cm³/mol. The minimum absolute atomic E-state index is 0.0117. The van der Waals surface area contributed by atoms with Crippen molar-refractivity contribution in [1.82, 2.24) is 4.90 Å². The average molecular weight is 261 g/mol. The summed E-state index contributed by atoms with van der Waals surface area (Å²) in [6.45, 7) is 7.46. The Kier molecular flexibility index (Phi) is 4.59. The van der Waals surface area contributed by atoms with E-state index in [-0.39, 0.29) is 18.1 Å². The Balaban J connectivity index is 2.08. The smallest absolute Gasteiger partial charge is 0.222 e. The Morgan fingerprint density at radius 2 is 2.05 bits per heavy atom. The van der Waals surface area contributed by atoms with E-state index in [9.17, 15) is 4.79 Å². The molecule has 0 radical (unpaired) electrons. The maximum atomic E-state index is 12.1. The fourth-order valence-electron chi connectivity index (χ4n) is 2.44. The van der Waals surface area contributed by atoms with Crippen LogP contribution < -0.4 is 0 Å². The molecule has 1 heterocycles. The van der Waals surface area contributed by atoms with Crippen molar-refractivity contribution in [3.05, 3.63) is 35.4 Å². The summed E-state index contributed by atoms with van der Waals surface area (Å²) >= 11 is 0. The third-order valence-electron chi connectivity index (χ3n) is 3.67. The van der Waals surface area contributed by atoms with Gasteiger partial charge in [0.1, 0.15) is 6.10 Å². The van der Waals surface area contributed by atoms with Crippen molar-refractivity contribution < 1.29 is 9.53 Å². The lowest BCUT2D eigenvalue weighted by Gasteiger charge is -2.38. The van der Waals surface area contributed by atoms with Gasteiger partial charge in [-0.2, -0.15) is 0 Å². The van der Waals surface area contributed by atoms with Crippen LogP contribution in [-0.4, -0.2) is 30.0 Å². The van der Waals surface area contributed by atoms with Crippen LogP contribution in [0.3, 0.4) is 0 Å². The highest BCUT2D eigenvalue weighted by Gasteiger charge is 2.29. The number of ether oxygens (including phenoxy) is 1. The molecule has 1 fully saturated rings. The molecular formula is C16H23NO2. The van der Waals surface area contributed by atoms with Gasteiger partial charge in [0.05, 0.1) is 19.2 Å². The minimum Gasteiger partial charge on any atom is -0.370 e. The fourth-order valence-corrected chi connectivity index (χ4v) is 2.44. The summed E-state index contributed by atoms with van der Waals surface area (Å²) in [6, 6.07) is 8.56. The molecule has 0 spiro atoms. The second-order valence-corrected chi connectivity index (χ2v) is 5.38. The predicted octanol–water partition coefficient (Wildman–Crippen LogP) is 3.08. The van der Waals surface area contributed by atoms with Crippen molar-refractivity contribution >= 4 is 5.91 Å². The van der Waals surface area contributed by atoms with E-state index in [1.807, 2.05) is 11.8 Å². The molecule has 1 aliphatic heterocycles. The van der Waals surface area contributed by atoms with Crippen LogP contribution in [0.5, 0.6) is 0 Å². The summed E-state index contributed by atoms with van der Waals surface area (Å²) in [5.41, 5.74) is 2.40. The van der Waals surface area contributed by atoms with Crippen LogP contribution in [0, 0.1) is 6.92 Å². The molecule has 0 saturated carbocycles. The molecule has 2 atom stereocenters. The van der Waals surface area contributed by atoms with E-state index in [1.165, 1.54) is 5.56 Å². The number of aryl methyl sites for hydroxylation is 1. The van der Waals surface area contributed by atoms with Crippen LogP contribution in [-0.2, 0) is 9.53 Å². The van der Waals surface area contributed by atoms with E-state index in [1.54, 1.807) is 0 Å². The zero-order valence-corrected chi connectivity index (χ0v) is 12.1. The number of morpholine rings is 1. The summed E-state index contributed by atoms with van der Waals surface area (Å²) in [5, 5.41) is 0. The highest BCUT2D eigenvalue weighted by molar-refractivity contribution is 5.76. The van der Waals surface area contributed by atoms with E-state index < -0.39 is 0 Å². The summed E-state index contributed by atoms with van der Waals surface area (Å²) in [4.78, 5) is 14.1. The third kappa shape index (κ3) is 3.35. The van der Waals surface area contributed by atoms with E-state index in [4.69, 9.17) is 4.74 Å². The summed E-state index contributed by atoms with van der Waals surface area (Å²) in [7, 11) is 0. The van der Waals surface area contributed by atoms with Gasteiger partial charge in [0.25, 0.3) is 0 Å². The lowest BCUT2D eigenvalue weighted by atomic mass is 10.0. The van der Waals surface area contributed by atoms with E-state index in [2.05, 4.69) is 38.1 Å². The Bertz CT molecular complexity index is 427. The molecule has 0 aliphatic carbocycles. The molecule has 1 aromatic rings. The van der Waals surface area contributed by atoms with Gasteiger partial charge in [0.2, 0.25) is 5.91 Å². The largest absolute Gasteiger partial charge is 0.370 e. The van der Waals surface area contributed by atoms with Gasteiger partial charge in [0, 0.05) is 6.42 Å². The lowest BCUT2D eigenvalue weighted by molar-refractivity contribution is -0.144. The number of amides is 1. The number of carbonyl (C=O) groups is 1. The molecule has 1 saturated heterocycles. The maximum Gasteiger partial charge on any atom is 0.222 e. The zero-order chi connectivity index (χ0) is 13.8. The first-order chi connectivity index (χ1) is 9.11. The molecule has 1 aromatic carbocycles. The van der Waals surface area contributed by atoms with Crippen molar-refractivity contribution in [3.63, 3.8) is 0 Å². The number of nitrogens with zero attached hydrogens (tertiary/aromatic N) is 1.